The van der Waals surface area contributed by atoms with E-state index in [0.717, 1.165) is 26.2 Å². The Morgan fingerprint density at radius 2 is 1.16 bits per heavy atom. The van der Waals surface area contributed by atoms with Crippen LogP contribution in [0.25, 0.3) is 0 Å². The van der Waals surface area contributed by atoms with Gasteiger partial charge in [0, 0.05) is 26.7 Å². The quantitative estimate of drug-likeness (QED) is 0.724. The van der Waals surface area contributed by atoms with E-state index < -0.39 is 0 Å². The minimum atomic E-state index is 0.614. The van der Waals surface area contributed by atoms with E-state index in [9.17, 15) is 0 Å². The summed E-state index contributed by atoms with van der Waals surface area (Å²) in [6, 6.07) is 0. The van der Waals surface area contributed by atoms with E-state index in [2.05, 4.69) is 4.90 Å². The Balaban J connectivity index is 2.21. The molecule has 0 unspecified atom stereocenters. The summed E-state index contributed by atoms with van der Waals surface area (Å²) in [6.07, 6.45) is 0. The fraction of sp³-hybridized carbons (Fsp3) is 1.00. The molecule has 1 heterocycles. The van der Waals surface area contributed by atoms with Crippen LogP contribution >= 0.6 is 0 Å². The maximum absolute atomic E-state index is 5.53. The SMILES string of the molecule is COCCN1CCOCCOCCOCCOCC1. The van der Waals surface area contributed by atoms with Crippen LogP contribution in [0.1, 0.15) is 0 Å². The van der Waals surface area contributed by atoms with Gasteiger partial charge in [-0.25, -0.2) is 0 Å². The van der Waals surface area contributed by atoms with Crippen molar-refractivity contribution >= 4 is 0 Å². The zero-order valence-electron chi connectivity index (χ0n) is 12.0. The van der Waals surface area contributed by atoms with Crippen LogP contribution < -0.4 is 0 Å². The first-order valence-electron chi connectivity index (χ1n) is 6.96. The molecule has 0 spiro atoms. The number of nitrogens with zero attached hydrogens (tertiary/aromatic N) is 1. The normalized spacial score (nSPS) is 22.6. The Bertz CT molecular complexity index is 178. The third-order valence-electron chi connectivity index (χ3n) is 2.83. The summed E-state index contributed by atoms with van der Waals surface area (Å²) in [4.78, 5) is 2.28. The fourth-order valence-corrected chi connectivity index (χ4v) is 1.70. The molecular weight excluding hydrogens is 250 g/mol. The van der Waals surface area contributed by atoms with Crippen LogP contribution in [-0.4, -0.2) is 91.1 Å². The summed E-state index contributed by atoms with van der Waals surface area (Å²) in [6.45, 7) is 8.58. The molecule has 0 amide bonds. The maximum Gasteiger partial charge on any atom is 0.0701 e. The van der Waals surface area contributed by atoms with Crippen molar-refractivity contribution in [2.45, 2.75) is 0 Å². The van der Waals surface area contributed by atoms with Gasteiger partial charge in [-0.15, -0.1) is 0 Å². The highest BCUT2D eigenvalue weighted by atomic mass is 16.6. The largest absolute Gasteiger partial charge is 0.383 e. The van der Waals surface area contributed by atoms with Crippen molar-refractivity contribution in [2.24, 2.45) is 0 Å². The van der Waals surface area contributed by atoms with Crippen molar-refractivity contribution in [3.8, 4) is 0 Å². The molecule has 6 nitrogen and oxygen atoms in total. The number of methoxy groups -OCH3 is 1. The molecule has 1 saturated heterocycles. The lowest BCUT2D eigenvalue weighted by Gasteiger charge is -2.21. The summed E-state index contributed by atoms with van der Waals surface area (Å²) in [5.41, 5.74) is 0. The van der Waals surface area contributed by atoms with Crippen LogP contribution in [0, 0.1) is 0 Å². The van der Waals surface area contributed by atoms with Gasteiger partial charge in [0.05, 0.1) is 59.5 Å². The third kappa shape index (κ3) is 10.2. The first-order valence-corrected chi connectivity index (χ1v) is 6.96. The van der Waals surface area contributed by atoms with E-state index >= 15 is 0 Å². The van der Waals surface area contributed by atoms with Crippen molar-refractivity contribution < 1.29 is 23.7 Å². The smallest absolute Gasteiger partial charge is 0.0701 e. The van der Waals surface area contributed by atoms with Crippen molar-refractivity contribution in [3.05, 3.63) is 0 Å². The minimum absolute atomic E-state index is 0.614. The van der Waals surface area contributed by atoms with Gasteiger partial charge in [-0.3, -0.25) is 4.90 Å². The Hall–Kier alpha value is -0.240. The minimum Gasteiger partial charge on any atom is -0.383 e. The molecular formula is C13H27NO5. The van der Waals surface area contributed by atoms with Gasteiger partial charge in [0.15, 0.2) is 0 Å². The van der Waals surface area contributed by atoms with Gasteiger partial charge in [0.2, 0.25) is 0 Å². The van der Waals surface area contributed by atoms with Crippen LogP contribution in [0.4, 0.5) is 0 Å². The molecule has 1 rings (SSSR count). The Kier molecular flexibility index (Phi) is 11.3. The summed E-state index contributed by atoms with van der Waals surface area (Å²) in [7, 11) is 1.72. The van der Waals surface area contributed by atoms with Gasteiger partial charge in [0.1, 0.15) is 0 Å². The topological polar surface area (TPSA) is 49.4 Å². The molecule has 6 heteroatoms. The molecule has 0 saturated carbocycles. The molecule has 0 aliphatic carbocycles. The molecule has 19 heavy (non-hydrogen) atoms. The first kappa shape index (κ1) is 16.8. The van der Waals surface area contributed by atoms with Crippen molar-refractivity contribution in [3.63, 3.8) is 0 Å². The lowest BCUT2D eigenvalue weighted by molar-refractivity contribution is 0.00206. The van der Waals surface area contributed by atoms with E-state index in [1.165, 1.54) is 0 Å². The predicted molar refractivity (Wildman–Crippen MR) is 71.6 cm³/mol. The lowest BCUT2D eigenvalue weighted by atomic mass is 10.4. The van der Waals surface area contributed by atoms with Gasteiger partial charge in [-0.1, -0.05) is 0 Å². The first-order chi connectivity index (χ1) is 9.43. The molecule has 1 fully saturated rings. The van der Waals surface area contributed by atoms with Crippen LogP contribution in [-0.2, 0) is 23.7 Å². The predicted octanol–water partition coefficient (Wildman–Crippen LogP) is 0.0148. The van der Waals surface area contributed by atoms with E-state index in [-0.39, 0.29) is 0 Å². The third-order valence-corrected chi connectivity index (χ3v) is 2.83. The maximum atomic E-state index is 5.53. The summed E-state index contributed by atoms with van der Waals surface area (Å²) >= 11 is 0. The number of hydrogen-bond donors (Lipinski definition) is 0. The molecule has 114 valence electrons. The Labute approximate surface area is 115 Å². The monoisotopic (exact) mass is 277 g/mol. The van der Waals surface area contributed by atoms with E-state index in [1.807, 2.05) is 0 Å². The van der Waals surface area contributed by atoms with Crippen LogP contribution in [0.2, 0.25) is 0 Å². The van der Waals surface area contributed by atoms with Gasteiger partial charge in [-0.2, -0.15) is 0 Å². The van der Waals surface area contributed by atoms with Crippen LogP contribution in [0.15, 0.2) is 0 Å². The number of hydrogen-bond acceptors (Lipinski definition) is 6. The summed E-state index contributed by atoms with van der Waals surface area (Å²) in [5.74, 6) is 0. The van der Waals surface area contributed by atoms with Gasteiger partial charge in [-0.05, 0) is 0 Å². The van der Waals surface area contributed by atoms with Crippen molar-refractivity contribution in [1.82, 2.24) is 4.90 Å². The second kappa shape index (κ2) is 12.8. The zero-order valence-corrected chi connectivity index (χ0v) is 12.0. The number of rotatable bonds is 3. The summed E-state index contributed by atoms with van der Waals surface area (Å²) in [5, 5.41) is 0. The Morgan fingerprint density at radius 1 is 0.737 bits per heavy atom. The summed E-state index contributed by atoms with van der Waals surface area (Å²) < 4.78 is 26.9. The highest BCUT2D eigenvalue weighted by Crippen LogP contribution is 1.92. The molecule has 0 aromatic carbocycles. The molecule has 0 N–H and O–H groups in total. The molecule has 0 radical (unpaired) electrons. The van der Waals surface area contributed by atoms with Crippen molar-refractivity contribution in [2.75, 3.05) is 86.2 Å². The van der Waals surface area contributed by atoms with Crippen molar-refractivity contribution in [1.29, 1.82) is 0 Å². The fourth-order valence-electron chi connectivity index (χ4n) is 1.70. The van der Waals surface area contributed by atoms with Gasteiger partial charge >= 0.3 is 0 Å². The number of ether oxygens (including phenoxy) is 5. The molecule has 0 aromatic rings. The van der Waals surface area contributed by atoms with Crippen LogP contribution in [0.3, 0.4) is 0 Å². The molecule has 1 aliphatic heterocycles. The second-order valence-corrected chi connectivity index (χ2v) is 4.28. The molecule has 1 aliphatic rings. The van der Waals surface area contributed by atoms with Gasteiger partial charge < -0.3 is 23.7 Å². The second-order valence-electron chi connectivity index (χ2n) is 4.28. The molecule has 0 bridgehead atoms. The molecule has 0 aromatic heterocycles. The Morgan fingerprint density at radius 3 is 1.58 bits per heavy atom. The van der Waals surface area contributed by atoms with Crippen LogP contribution in [0.5, 0.6) is 0 Å². The average Bonchev–Trinajstić information content (AvgIpc) is 2.44. The highest BCUT2D eigenvalue weighted by molar-refractivity contribution is 4.57. The van der Waals surface area contributed by atoms with E-state index in [0.29, 0.717) is 52.9 Å². The lowest BCUT2D eigenvalue weighted by Crippen LogP contribution is -2.34. The zero-order chi connectivity index (χ0) is 13.6. The van der Waals surface area contributed by atoms with Gasteiger partial charge in [0.25, 0.3) is 0 Å². The van der Waals surface area contributed by atoms with E-state index in [4.69, 9.17) is 23.7 Å². The van der Waals surface area contributed by atoms with E-state index in [1.54, 1.807) is 7.11 Å². The highest BCUT2D eigenvalue weighted by Gasteiger charge is 2.05. The standard InChI is InChI=1S/C13H27NO5/c1-15-5-2-14-3-6-16-8-10-18-12-13-19-11-9-17-7-4-14/h2-13H2,1H3. The molecule has 0 atom stereocenters. The average molecular weight is 277 g/mol.